The maximum Gasteiger partial charge on any atom is 0.311 e. The molecule has 0 saturated heterocycles. The van der Waals surface area contributed by atoms with Crippen LogP contribution in [0.4, 0.5) is 0 Å². The summed E-state index contributed by atoms with van der Waals surface area (Å²) in [6.45, 7) is 0.195. The molecule has 1 fully saturated rings. The van der Waals surface area contributed by atoms with Crippen molar-refractivity contribution in [2.45, 2.75) is 19.3 Å². The van der Waals surface area contributed by atoms with E-state index >= 15 is 0 Å². The number of para-hydroxylation sites is 1. The van der Waals surface area contributed by atoms with E-state index in [0.717, 1.165) is 17.3 Å². The zero-order valence-electron chi connectivity index (χ0n) is 11.0. The van der Waals surface area contributed by atoms with Crippen LogP contribution in [-0.4, -0.2) is 28.5 Å². The van der Waals surface area contributed by atoms with Gasteiger partial charge in [0.2, 0.25) is 0 Å². The highest BCUT2D eigenvalue weighted by Gasteiger charge is 2.44. The third-order valence-electron chi connectivity index (χ3n) is 4.19. The lowest BCUT2D eigenvalue weighted by Crippen LogP contribution is -2.47. The Hall–Kier alpha value is -2.30. The molecule has 3 rings (SSSR count). The number of aromatic amines is 1. The van der Waals surface area contributed by atoms with Crippen LogP contribution < -0.4 is 5.32 Å². The molecule has 0 spiro atoms. The smallest absolute Gasteiger partial charge is 0.311 e. The molecule has 0 bridgehead atoms. The van der Waals surface area contributed by atoms with E-state index in [1.165, 1.54) is 0 Å². The van der Waals surface area contributed by atoms with Gasteiger partial charge in [0, 0.05) is 23.6 Å². The van der Waals surface area contributed by atoms with Crippen LogP contribution in [0.2, 0.25) is 0 Å². The average molecular weight is 272 g/mol. The highest BCUT2D eigenvalue weighted by atomic mass is 16.4. The molecule has 5 nitrogen and oxygen atoms in total. The van der Waals surface area contributed by atoms with Gasteiger partial charge in [0.05, 0.1) is 11.0 Å². The second-order valence-corrected chi connectivity index (χ2v) is 5.37. The number of H-pyrrole nitrogens is 1. The summed E-state index contributed by atoms with van der Waals surface area (Å²) >= 11 is 0. The molecule has 1 aromatic heterocycles. The molecule has 0 unspecified atom stereocenters. The molecule has 20 heavy (non-hydrogen) atoms. The molecular weight excluding hydrogens is 256 g/mol. The number of hydrogen-bond donors (Lipinski definition) is 3. The number of carbonyl (C=O) groups excluding carboxylic acids is 1. The summed E-state index contributed by atoms with van der Waals surface area (Å²) in [6.07, 6.45) is 3.84. The molecule has 1 saturated carbocycles. The standard InChI is InChI=1S/C15H16N2O3/c18-13(17-9-15(14(19)20)6-3-7-15)11-8-16-12-5-2-1-4-10(11)12/h1-2,4-5,8,16H,3,6-7,9H2,(H,17,18)(H,19,20). The van der Waals surface area contributed by atoms with Crippen molar-refractivity contribution in [3.05, 3.63) is 36.0 Å². The minimum atomic E-state index is -0.817. The highest BCUT2D eigenvalue weighted by molar-refractivity contribution is 6.06. The summed E-state index contributed by atoms with van der Waals surface area (Å²) in [6, 6.07) is 7.54. The normalized spacial score (nSPS) is 16.6. The van der Waals surface area contributed by atoms with Gasteiger partial charge in [-0.3, -0.25) is 9.59 Å². The molecule has 1 aliphatic carbocycles. The fourth-order valence-corrected chi connectivity index (χ4v) is 2.67. The van der Waals surface area contributed by atoms with Crippen molar-refractivity contribution in [1.29, 1.82) is 0 Å². The summed E-state index contributed by atoms with van der Waals surface area (Å²) in [5, 5.41) is 12.9. The first kappa shape index (κ1) is 12.7. The van der Waals surface area contributed by atoms with Gasteiger partial charge in [-0.05, 0) is 18.9 Å². The van der Waals surface area contributed by atoms with Crippen molar-refractivity contribution in [3.63, 3.8) is 0 Å². The van der Waals surface area contributed by atoms with Gasteiger partial charge in [-0.15, -0.1) is 0 Å². The van der Waals surface area contributed by atoms with Crippen LogP contribution in [0.15, 0.2) is 30.5 Å². The van der Waals surface area contributed by atoms with Gasteiger partial charge in [0.1, 0.15) is 0 Å². The highest BCUT2D eigenvalue weighted by Crippen LogP contribution is 2.40. The number of aromatic nitrogens is 1. The summed E-state index contributed by atoms with van der Waals surface area (Å²) in [7, 11) is 0. The number of aliphatic carboxylic acids is 1. The topological polar surface area (TPSA) is 82.2 Å². The number of benzene rings is 1. The molecular formula is C15H16N2O3. The van der Waals surface area contributed by atoms with E-state index in [9.17, 15) is 14.7 Å². The van der Waals surface area contributed by atoms with Crippen LogP contribution in [0.25, 0.3) is 10.9 Å². The number of nitrogens with one attached hydrogen (secondary N) is 2. The predicted octanol–water partition coefficient (Wildman–Crippen LogP) is 2.15. The minimum absolute atomic E-state index is 0.195. The van der Waals surface area contributed by atoms with Crippen LogP contribution in [0, 0.1) is 5.41 Å². The van der Waals surface area contributed by atoms with Crippen molar-refractivity contribution in [2.24, 2.45) is 5.41 Å². The third kappa shape index (κ3) is 1.95. The summed E-state index contributed by atoms with van der Waals surface area (Å²) in [5.74, 6) is -1.04. The van der Waals surface area contributed by atoms with Crippen LogP contribution in [-0.2, 0) is 4.79 Å². The summed E-state index contributed by atoms with van der Waals surface area (Å²) in [4.78, 5) is 26.5. The van der Waals surface area contributed by atoms with Gasteiger partial charge >= 0.3 is 5.97 Å². The van der Waals surface area contributed by atoms with E-state index in [1.54, 1.807) is 6.20 Å². The van der Waals surface area contributed by atoms with Crippen LogP contribution in [0.3, 0.4) is 0 Å². The van der Waals surface area contributed by atoms with E-state index < -0.39 is 11.4 Å². The lowest BCUT2D eigenvalue weighted by molar-refractivity contribution is -0.153. The van der Waals surface area contributed by atoms with Crippen molar-refractivity contribution in [1.82, 2.24) is 10.3 Å². The van der Waals surface area contributed by atoms with Gasteiger partial charge in [-0.25, -0.2) is 0 Å². The second-order valence-electron chi connectivity index (χ2n) is 5.37. The molecule has 3 N–H and O–H groups in total. The number of carbonyl (C=O) groups is 2. The Labute approximate surface area is 116 Å². The lowest BCUT2D eigenvalue weighted by Gasteiger charge is -2.37. The fraction of sp³-hybridized carbons (Fsp3) is 0.333. The van der Waals surface area contributed by atoms with Crippen LogP contribution in [0.1, 0.15) is 29.6 Å². The number of fused-ring (bicyclic) bond motifs is 1. The molecule has 1 amide bonds. The summed E-state index contributed by atoms with van der Waals surface area (Å²) in [5.41, 5.74) is 0.691. The Balaban J connectivity index is 1.75. The number of rotatable bonds is 4. The Morgan fingerprint density at radius 3 is 2.70 bits per heavy atom. The first-order valence-electron chi connectivity index (χ1n) is 6.70. The Kier molecular flexibility index (Phi) is 2.97. The van der Waals surface area contributed by atoms with E-state index in [4.69, 9.17) is 0 Å². The van der Waals surface area contributed by atoms with Gasteiger partial charge in [-0.1, -0.05) is 24.6 Å². The monoisotopic (exact) mass is 272 g/mol. The predicted molar refractivity (Wildman–Crippen MR) is 74.6 cm³/mol. The van der Waals surface area contributed by atoms with Crippen molar-refractivity contribution < 1.29 is 14.7 Å². The van der Waals surface area contributed by atoms with E-state index in [0.29, 0.717) is 18.4 Å². The molecule has 0 radical (unpaired) electrons. The van der Waals surface area contributed by atoms with Gasteiger partial charge in [-0.2, -0.15) is 0 Å². The van der Waals surface area contributed by atoms with Gasteiger partial charge < -0.3 is 15.4 Å². The first-order chi connectivity index (χ1) is 9.62. The molecule has 104 valence electrons. The Bertz CT molecular complexity index is 671. The van der Waals surface area contributed by atoms with E-state index in [1.807, 2.05) is 24.3 Å². The Morgan fingerprint density at radius 2 is 2.05 bits per heavy atom. The zero-order valence-corrected chi connectivity index (χ0v) is 11.0. The second kappa shape index (κ2) is 4.67. The molecule has 1 aromatic carbocycles. The van der Waals surface area contributed by atoms with Crippen LogP contribution in [0.5, 0.6) is 0 Å². The maximum atomic E-state index is 12.2. The number of hydrogen-bond acceptors (Lipinski definition) is 2. The molecule has 0 aliphatic heterocycles. The zero-order chi connectivity index (χ0) is 14.2. The summed E-state index contributed by atoms with van der Waals surface area (Å²) < 4.78 is 0. The average Bonchev–Trinajstić information content (AvgIpc) is 2.80. The van der Waals surface area contributed by atoms with Crippen molar-refractivity contribution in [3.8, 4) is 0 Å². The molecule has 2 aromatic rings. The number of carboxylic acids is 1. The third-order valence-corrected chi connectivity index (χ3v) is 4.19. The minimum Gasteiger partial charge on any atom is -0.481 e. The fourth-order valence-electron chi connectivity index (χ4n) is 2.67. The molecule has 1 heterocycles. The van der Waals surface area contributed by atoms with Crippen LogP contribution >= 0.6 is 0 Å². The maximum absolute atomic E-state index is 12.2. The lowest BCUT2D eigenvalue weighted by atomic mass is 9.69. The number of amides is 1. The van der Waals surface area contributed by atoms with Gasteiger partial charge in [0.15, 0.2) is 0 Å². The number of carboxylic acid groups (broad SMARTS) is 1. The SMILES string of the molecule is O=C(NCC1(C(=O)O)CCC1)c1c[nH]c2ccccc12. The van der Waals surface area contributed by atoms with E-state index in [-0.39, 0.29) is 12.5 Å². The van der Waals surface area contributed by atoms with Gasteiger partial charge in [0.25, 0.3) is 5.91 Å². The quantitative estimate of drug-likeness (QED) is 0.797. The largest absolute Gasteiger partial charge is 0.481 e. The van der Waals surface area contributed by atoms with Crippen molar-refractivity contribution in [2.75, 3.05) is 6.54 Å². The Morgan fingerprint density at radius 1 is 1.30 bits per heavy atom. The molecule has 0 atom stereocenters. The molecule has 1 aliphatic rings. The molecule has 5 heteroatoms. The first-order valence-corrected chi connectivity index (χ1v) is 6.70. The van der Waals surface area contributed by atoms with Crippen molar-refractivity contribution >= 4 is 22.8 Å². The van der Waals surface area contributed by atoms with E-state index in [2.05, 4.69) is 10.3 Å².